The quantitative estimate of drug-likeness (QED) is 0.828. The molecule has 0 saturated carbocycles. The van der Waals surface area contributed by atoms with Crippen LogP contribution >= 0.6 is 15.9 Å². The zero-order valence-electron chi connectivity index (χ0n) is 12.8. The van der Waals surface area contributed by atoms with Crippen molar-refractivity contribution in [3.05, 3.63) is 64.1 Å². The summed E-state index contributed by atoms with van der Waals surface area (Å²) in [7, 11) is 0. The molecule has 0 bridgehead atoms. The fraction of sp³-hybridized carbons (Fsp3) is 0.333. The topological polar surface area (TPSA) is 21.3 Å². The Morgan fingerprint density at radius 2 is 1.48 bits per heavy atom. The highest BCUT2D eigenvalue weighted by Gasteiger charge is 2.08. The van der Waals surface area contributed by atoms with Gasteiger partial charge in [0.2, 0.25) is 0 Å². The first-order valence-corrected chi connectivity index (χ1v) is 7.93. The molecule has 0 fully saturated rings. The van der Waals surface area contributed by atoms with Gasteiger partial charge in [-0.3, -0.25) is 0 Å². The SMILES string of the molecule is CC(C)(C)NCc1ccc(OCc2ccc(Br)cc2)cc1. The molecule has 0 unspecified atom stereocenters. The molecule has 0 radical (unpaired) electrons. The van der Waals surface area contributed by atoms with Crippen LogP contribution in [0.5, 0.6) is 5.75 Å². The Morgan fingerprint density at radius 3 is 2.05 bits per heavy atom. The fourth-order valence-corrected chi connectivity index (χ4v) is 2.08. The van der Waals surface area contributed by atoms with E-state index in [0.29, 0.717) is 6.61 Å². The molecule has 2 nitrogen and oxygen atoms in total. The molecule has 0 atom stereocenters. The van der Waals surface area contributed by atoms with Gasteiger partial charge >= 0.3 is 0 Å². The minimum atomic E-state index is 0.136. The van der Waals surface area contributed by atoms with Gasteiger partial charge in [-0.15, -0.1) is 0 Å². The van der Waals surface area contributed by atoms with Crippen LogP contribution in [-0.2, 0) is 13.2 Å². The highest BCUT2D eigenvalue weighted by atomic mass is 79.9. The van der Waals surface area contributed by atoms with Gasteiger partial charge in [-0.05, 0) is 56.2 Å². The van der Waals surface area contributed by atoms with Crippen LogP contribution in [0.2, 0.25) is 0 Å². The summed E-state index contributed by atoms with van der Waals surface area (Å²) in [5.74, 6) is 0.900. The monoisotopic (exact) mass is 347 g/mol. The number of hydrogen-bond donors (Lipinski definition) is 1. The maximum absolute atomic E-state index is 5.80. The van der Waals surface area contributed by atoms with Crippen molar-refractivity contribution < 1.29 is 4.74 Å². The lowest BCUT2D eigenvalue weighted by atomic mass is 10.1. The molecule has 0 aromatic heterocycles. The molecule has 2 aromatic rings. The molecule has 3 heteroatoms. The summed E-state index contributed by atoms with van der Waals surface area (Å²) < 4.78 is 6.88. The van der Waals surface area contributed by atoms with Gasteiger partial charge in [0, 0.05) is 16.6 Å². The van der Waals surface area contributed by atoms with Gasteiger partial charge in [0.05, 0.1) is 0 Å². The van der Waals surface area contributed by atoms with Gasteiger partial charge < -0.3 is 10.1 Å². The molecule has 0 heterocycles. The van der Waals surface area contributed by atoms with Crippen molar-refractivity contribution in [2.45, 2.75) is 39.5 Å². The van der Waals surface area contributed by atoms with E-state index in [2.05, 4.69) is 66.3 Å². The van der Waals surface area contributed by atoms with Gasteiger partial charge in [-0.1, -0.05) is 40.2 Å². The number of nitrogens with one attached hydrogen (secondary N) is 1. The molecule has 0 aliphatic rings. The minimum Gasteiger partial charge on any atom is -0.489 e. The average Bonchev–Trinajstić information content (AvgIpc) is 2.45. The van der Waals surface area contributed by atoms with Crippen LogP contribution in [0.1, 0.15) is 31.9 Å². The van der Waals surface area contributed by atoms with Crippen LogP contribution in [0, 0.1) is 0 Å². The zero-order valence-corrected chi connectivity index (χ0v) is 14.4. The summed E-state index contributed by atoms with van der Waals surface area (Å²) in [6.07, 6.45) is 0. The number of halogens is 1. The molecule has 2 aromatic carbocycles. The third-order valence-electron chi connectivity index (χ3n) is 3.06. The second kappa shape index (κ2) is 7.10. The summed E-state index contributed by atoms with van der Waals surface area (Å²) >= 11 is 3.43. The highest BCUT2D eigenvalue weighted by Crippen LogP contribution is 2.16. The van der Waals surface area contributed by atoms with Crippen molar-refractivity contribution in [1.82, 2.24) is 5.32 Å². The molecular formula is C18H22BrNO. The molecule has 1 N–H and O–H groups in total. The highest BCUT2D eigenvalue weighted by molar-refractivity contribution is 9.10. The normalized spacial score (nSPS) is 11.4. The molecule has 0 aliphatic carbocycles. The molecule has 21 heavy (non-hydrogen) atoms. The van der Waals surface area contributed by atoms with Crippen LogP contribution in [0.4, 0.5) is 0 Å². The van der Waals surface area contributed by atoms with Gasteiger partial charge in [-0.25, -0.2) is 0 Å². The lowest BCUT2D eigenvalue weighted by Crippen LogP contribution is -2.34. The first-order chi connectivity index (χ1) is 9.92. The van der Waals surface area contributed by atoms with E-state index in [4.69, 9.17) is 4.74 Å². The second-order valence-corrected chi connectivity index (χ2v) is 7.08. The van der Waals surface area contributed by atoms with Crippen LogP contribution < -0.4 is 10.1 Å². The molecule has 112 valence electrons. The van der Waals surface area contributed by atoms with E-state index in [1.807, 2.05) is 24.3 Å². The van der Waals surface area contributed by atoms with Crippen molar-refractivity contribution in [1.29, 1.82) is 0 Å². The smallest absolute Gasteiger partial charge is 0.119 e. The Hall–Kier alpha value is -1.32. The standard InChI is InChI=1S/C18H22BrNO/c1-18(2,3)20-12-14-6-10-17(11-7-14)21-13-15-4-8-16(19)9-5-15/h4-11,20H,12-13H2,1-3H3. The Balaban J connectivity index is 1.86. The first kappa shape index (κ1) is 16.1. The summed E-state index contributed by atoms with van der Waals surface area (Å²) in [6.45, 7) is 7.97. The number of rotatable bonds is 5. The average molecular weight is 348 g/mol. The summed E-state index contributed by atoms with van der Waals surface area (Å²) in [5.41, 5.74) is 2.56. The predicted molar refractivity (Wildman–Crippen MR) is 91.5 cm³/mol. The fourth-order valence-electron chi connectivity index (χ4n) is 1.82. The van der Waals surface area contributed by atoms with Gasteiger partial charge in [-0.2, -0.15) is 0 Å². The Labute approximate surface area is 135 Å². The van der Waals surface area contributed by atoms with Crippen molar-refractivity contribution in [3.63, 3.8) is 0 Å². The van der Waals surface area contributed by atoms with E-state index >= 15 is 0 Å². The van der Waals surface area contributed by atoms with E-state index in [9.17, 15) is 0 Å². The maximum atomic E-state index is 5.80. The minimum absolute atomic E-state index is 0.136. The molecule has 0 saturated heterocycles. The lowest BCUT2D eigenvalue weighted by Gasteiger charge is -2.20. The van der Waals surface area contributed by atoms with E-state index in [-0.39, 0.29) is 5.54 Å². The Morgan fingerprint density at radius 1 is 0.905 bits per heavy atom. The third-order valence-corrected chi connectivity index (χ3v) is 3.59. The van der Waals surface area contributed by atoms with Crippen LogP contribution in [0.15, 0.2) is 53.0 Å². The Bertz CT molecular complexity index is 555. The molecule has 0 aliphatic heterocycles. The second-order valence-electron chi connectivity index (χ2n) is 6.16. The van der Waals surface area contributed by atoms with E-state index < -0.39 is 0 Å². The van der Waals surface area contributed by atoms with Crippen molar-refractivity contribution in [3.8, 4) is 5.75 Å². The summed E-state index contributed by atoms with van der Waals surface area (Å²) in [4.78, 5) is 0. The van der Waals surface area contributed by atoms with Crippen LogP contribution in [0.3, 0.4) is 0 Å². The molecular weight excluding hydrogens is 326 g/mol. The molecule has 2 rings (SSSR count). The number of ether oxygens (including phenoxy) is 1. The van der Waals surface area contributed by atoms with Crippen molar-refractivity contribution >= 4 is 15.9 Å². The predicted octanol–water partition coefficient (Wildman–Crippen LogP) is 4.92. The van der Waals surface area contributed by atoms with Gasteiger partial charge in [0.1, 0.15) is 12.4 Å². The van der Waals surface area contributed by atoms with Crippen molar-refractivity contribution in [2.24, 2.45) is 0 Å². The van der Waals surface area contributed by atoms with E-state index in [0.717, 1.165) is 22.3 Å². The van der Waals surface area contributed by atoms with Crippen LogP contribution in [0.25, 0.3) is 0 Å². The largest absolute Gasteiger partial charge is 0.489 e. The van der Waals surface area contributed by atoms with E-state index in [1.165, 1.54) is 5.56 Å². The number of benzene rings is 2. The summed E-state index contributed by atoms with van der Waals surface area (Å²) in [5, 5.41) is 3.48. The summed E-state index contributed by atoms with van der Waals surface area (Å²) in [6, 6.07) is 16.4. The van der Waals surface area contributed by atoms with Crippen molar-refractivity contribution in [2.75, 3.05) is 0 Å². The Kier molecular flexibility index (Phi) is 5.43. The molecule has 0 spiro atoms. The van der Waals surface area contributed by atoms with Gasteiger partial charge in [0.25, 0.3) is 0 Å². The van der Waals surface area contributed by atoms with E-state index in [1.54, 1.807) is 0 Å². The van der Waals surface area contributed by atoms with Crippen LogP contribution in [-0.4, -0.2) is 5.54 Å². The third kappa shape index (κ3) is 5.90. The zero-order chi connectivity index (χ0) is 15.3. The number of hydrogen-bond acceptors (Lipinski definition) is 2. The first-order valence-electron chi connectivity index (χ1n) is 7.14. The lowest BCUT2D eigenvalue weighted by molar-refractivity contribution is 0.306. The molecule has 0 amide bonds. The van der Waals surface area contributed by atoms with Gasteiger partial charge in [0.15, 0.2) is 0 Å². The maximum Gasteiger partial charge on any atom is 0.119 e.